The SMILES string of the molecule is CC(C)c1ccc(/C=C2/SC(=O)N(CC(=O)Nc3ccccc3Br)C2=O)cc1. The van der Waals surface area contributed by atoms with E-state index in [0.29, 0.717) is 16.5 Å². The number of anilines is 1. The molecule has 0 saturated carbocycles. The first-order valence-corrected chi connectivity index (χ1v) is 10.4. The fraction of sp³-hybridized carbons (Fsp3) is 0.190. The zero-order valence-electron chi connectivity index (χ0n) is 15.4. The van der Waals surface area contributed by atoms with Crippen molar-refractivity contribution in [2.45, 2.75) is 19.8 Å². The number of rotatable bonds is 5. The third kappa shape index (κ3) is 4.72. The summed E-state index contributed by atoms with van der Waals surface area (Å²) in [5.41, 5.74) is 2.63. The Kier molecular flexibility index (Phi) is 6.36. The van der Waals surface area contributed by atoms with Crippen molar-refractivity contribution in [3.8, 4) is 0 Å². The molecular formula is C21H19BrN2O3S. The predicted octanol–water partition coefficient (Wildman–Crippen LogP) is 5.25. The number of benzene rings is 2. The second-order valence-corrected chi connectivity index (χ2v) is 8.46. The van der Waals surface area contributed by atoms with Gasteiger partial charge in [-0.1, -0.05) is 50.2 Å². The molecule has 1 aliphatic rings. The van der Waals surface area contributed by atoms with Gasteiger partial charge in [0, 0.05) is 4.47 Å². The van der Waals surface area contributed by atoms with Crippen LogP contribution in [0, 0.1) is 0 Å². The number of carbonyl (C=O) groups is 3. The molecule has 1 saturated heterocycles. The van der Waals surface area contributed by atoms with Gasteiger partial charge in [0.05, 0.1) is 10.6 Å². The number of halogens is 1. The smallest absolute Gasteiger partial charge is 0.294 e. The number of nitrogens with zero attached hydrogens (tertiary/aromatic N) is 1. The van der Waals surface area contributed by atoms with Crippen LogP contribution in [0.4, 0.5) is 10.5 Å². The normalized spacial score (nSPS) is 15.6. The summed E-state index contributed by atoms with van der Waals surface area (Å²) in [5.74, 6) is -0.466. The largest absolute Gasteiger partial charge is 0.324 e. The zero-order valence-corrected chi connectivity index (χ0v) is 17.8. The molecule has 5 nitrogen and oxygen atoms in total. The van der Waals surface area contributed by atoms with Crippen LogP contribution in [-0.4, -0.2) is 28.5 Å². The molecule has 2 aromatic carbocycles. The molecule has 1 heterocycles. The van der Waals surface area contributed by atoms with Gasteiger partial charge in [-0.25, -0.2) is 0 Å². The number of para-hydroxylation sites is 1. The minimum absolute atomic E-state index is 0.316. The first-order valence-electron chi connectivity index (χ1n) is 8.75. The summed E-state index contributed by atoms with van der Waals surface area (Å²) in [7, 11) is 0. The second-order valence-electron chi connectivity index (χ2n) is 6.62. The van der Waals surface area contributed by atoms with Crippen LogP contribution in [0.1, 0.15) is 30.9 Å². The van der Waals surface area contributed by atoms with Gasteiger partial charge in [0.2, 0.25) is 5.91 Å². The third-order valence-corrected chi connectivity index (χ3v) is 5.82. The molecule has 0 bridgehead atoms. The minimum Gasteiger partial charge on any atom is -0.324 e. The van der Waals surface area contributed by atoms with Crippen molar-refractivity contribution >= 4 is 56.5 Å². The molecular weight excluding hydrogens is 440 g/mol. The lowest BCUT2D eigenvalue weighted by molar-refractivity contribution is -0.127. The van der Waals surface area contributed by atoms with E-state index in [1.165, 1.54) is 5.56 Å². The summed E-state index contributed by atoms with van der Waals surface area (Å²) in [6.45, 7) is 3.90. The number of amides is 3. The van der Waals surface area contributed by atoms with Gasteiger partial charge in [-0.15, -0.1) is 0 Å². The van der Waals surface area contributed by atoms with Crippen molar-refractivity contribution in [3.05, 3.63) is 69.0 Å². The van der Waals surface area contributed by atoms with E-state index in [1.54, 1.807) is 24.3 Å². The maximum Gasteiger partial charge on any atom is 0.294 e. The Morgan fingerprint density at radius 2 is 1.82 bits per heavy atom. The molecule has 3 amide bonds. The second kappa shape index (κ2) is 8.75. The van der Waals surface area contributed by atoms with Crippen molar-refractivity contribution in [1.29, 1.82) is 0 Å². The number of nitrogens with one attached hydrogen (secondary N) is 1. The predicted molar refractivity (Wildman–Crippen MR) is 116 cm³/mol. The van der Waals surface area contributed by atoms with Gasteiger partial charge in [-0.3, -0.25) is 19.3 Å². The van der Waals surface area contributed by atoms with Crippen LogP contribution in [0.15, 0.2) is 57.9 Å². The number of thioether (sulfide) groups is 1. The van der Waals surface area contributed by atoms with Crippen molar-refractivity contribution in [2.24, 2.45) is 0 Å². The van der Waals surface area contributed by atoms with Gasteiger partial charge in [0.15, 0.2) is 0 Å². The van der Waals surface area contributed by atoms with E-state index >= 15 is 0 Å². The van der Waals surface area contributed by atoms with E-state index in [4.69, 9.17) is 0 Å². The van der Waals surface area contributed by atoms with Gasteiger partial charge in [0.25, 0.3) is 11.1 Å². The summed E-state index contributed by atoms with van der Waals surface area (Å²) in [6.07, 6.45) is 1.68. The van der Waals surface area contributed by atoms with Gasteiger partial charge in [0.1, 0.15) is 6.54 Å². The maximum absolute atomic E-state index is 12.6. The van der Waals surface area contributed by atoms with Crippen LogP contribution in [0.5, 0.6) is 0 Å². The van der Waals surface area contributed by atoms with Gasteiger partial charge < -0.3 is 5.32 Å². The Hall–Kier alpha value is -2.38. The Balaban J connectivity index is 1.69. The van der Waals surface area contributed by atoms with Crippen molar-refractivity contribution in [1.82, 2.24) is 4.90 Å². The zero-order chi connectivity index (χ0) is 20.3. The molecule has 1 aliphatic heterocycles. The number of carbonyl (C=O) groups excluding carboxylic acids is 3. The van der Waals surface area contributed by atoms with E-state index in [1.807, 2.05) is 30.3 Å². The Morgan fingerprint density at radius 3 is 2.46 bits per heavy atom. The average molecular weight is 459 g/mol. The summed E-state index contributed by atoms with van der Waals surface area (Å²) in [5, 5.41) is 2.25. The third-order valence-electron chi connectivity index (χ3n) is 4.22. The van der Waals surface area contributed by atoms with Crippen LogP contribution in [-0.2, 0) is 9.59 Å². The average Bonchev–Trinajstić information content (AvgIpc) is 2.91. The van der Waals surface area contributed by atoms with E-state index in [-0.39, 0.29) is 6.54 Å². The maximum atomic E-state index is 12.6. The van der Waals surface area contributed by atoms with Crippen LogP contribution < -0.4 is 5.32 Å². The van der Waals surface area contributed by atoms with Gasteiger partial charge in [-0.2, -0.15) is 0 Å². The standard InChI is InChI=1S/C21H19BrN2O3S/c1-13(2)15-9-7-14(8-10-15)11-18-20(26)24(21(27)28-18)12-19(25)23-17-6-4-3-5-16(17)22/h3-11,13H,12H2,1-2H3,(H,23,25)/b18-11+. The molecule has 1 fully saturated rings. The van der Waals surface area contributed by atoms with Crippen LogP contribution in [0.25, 0.3) is 6.08 Å². The van der Waals surface area contributed by atoms with E-state index in [0.717, 1.165) is 26.7 Å². The quantitative estimate of drug-likeness (QED) is 0.621. The summed E-state index contributed by atoms with van der Waals surface area (Å²) in [4.78, 5) is 38.3. The molecule has 144 valence electrons. The molecule has 0 aliphatic carbocycles. The first kappa shape index (κ1) is 20.4. The Morgan fingerprint density at radius 1 is 1.14 bits per heavy atom. The Bertz CT molecular complexity index is 954. The van der Waals surface area contributed by atoms with E-state index in [9.17, 15) is 14.4 Å². The number of imide groups is 1. The van der Waals surface area contributed by atoms with Gasteiger partial charge >= 0.3 is 0 Å². The monoisotopic (exact) mass is 458 g/mol. The fourth-order valence-electron chi connectivity index (χ4n) is 2.66. The lowest BCUT2D eigenvalue weighted by Crippen LogP contribution is -2.36. The Labute approximate surface area is 176 Å². The molecule has 28 heavy (non-hydrogen) atoms. The van der Waals surface area contributed by atoms with Crippen molar-refractivity contribution in [2.75, 3.05) is 11.9 Å². The molecule has 2 aromatic rings. The highest BCUT2D eigenvalue weighted by atomic mass is 79.9. The summed E-state index contributed by atoms with van der Waals surface area (Å²) < 4.78 is 0.724. The van der Waals surface area contributed by atoms with Crippen molar-refractivity contribution in [3.63, 3.8) is 0 Å². The molecule has 0 unspecified atom stereocenters. The number of hydrogen-bond acceptors (Lipinski definition) is 4. The molecule has 3 rings (SSSR count). The minimum atomic E-state index is -0.454. The fourth-order valence-corrected chi connectivity index (χ4v) is 3.88. The highest BCUT2D eigenvalue weighted by Gasteiger charge is 2.36. The highest BCUT2D eigenvalue weighted by Crippen LogP contribution is 2.32. The molecule has 0 spiro atoms. The van der Waals surface area contributed by atoms with E-state index in [2.05, 4.69) is 35.1 Å². The van der Waals surface area contributed by atoms with Crippen LogP contribution in [0.3, 0.4) is 0 Å². The molecule has 0 radical (unpaired) electrons. The van der Waals surface area contributed by atoms with Crippen molar-refractivity contribution < 1.29 is 14.4 Å². The molecule has 0 aromatic heterocycles. The summed E-state index contributed by atoms with van der Waals surface area (Å²) >= 11 is 4.19. The first-order chi connectivity index (χ1) is 13.3. The summed E-state index contributed by atoms with van der Waals surface area (Å²) in [6, 6.07) is 15.0. The van der Waals surface area contributed by atoms with Gasteiger partial charge in [-0.05, 0) is 62.9 Å². The molecule has 1 N–H and O–H groups in total. The van der Waals surface area contributed by atoms with Crippen LogP contribution >= 0.6 is 27.7 Å². The lowest BCUT2D eigenvalue weighted by atomic mass is 10.0. The number of hydrogen-bond donors (Lipinski definition) is 1. The van der Waals surface area contributed by atoms with Crippen LogP contribution in [0.2, 0.25) is 0 Å². The highest BCUT2D eigenvalue weighted by molar-refractivity contribution is 9.10. The lowest BCUT2D eigenvalue weighted by Gasteiger charge is -2.13. The molecule has 0 atom stereocenters. The van der Waals surface area contributed by atoms with E-state index < -0.39 is 17.1 Å². The topological polar surface area (TPSA) is 66.5 Å². The molecule has 7 heteroatoms.